The Morgan fingerprint density at radius 3 is 2.27 bits per heavy atom. The molecule has 0 atom stereocenters. The lowest BCUT2D eigenvalue weighted by molar-refractivity contribution is -0.384. The maximum absolute atomic E-state index is 13.1. The van der Waals surface area contributed by atoms with Gasteiger partial charge in [-0.1, -0.05) is 84.4 Å². The lowest BCUT2D eigenvalue weighted by atomic mass is 10.0. The van der Waals surface area contributed by atoms with Gasteiger partial charge in [0.25, 0.3) is 5.69 Å². The first-order chi connectivity index (χ1) is 19.2. The van der Waals surface area contributed by atoms with E-state index in [-0.39, 0.29) is 5.69 Å². The van der Waals surface area contributed by atoms with Crippen LogP contribution in [0.5, 0.6) is 0 Å². The molecule has 0 radical (unpaired) electrons. The van der Waals surface area contributed by atoms with E-state index >= 15 is 0 Å². The normalized spacial score (nSPS) is 11.7. The van der Waals surface area contributed by atoms with Crippen molar-refractivity contribution in [1.29, 1.82) is 0 Å². The molecule has 0 N–H and O–H groups in total. The minimum atomic E-state index is -4.40. The smallest absolute Gasteiger partial charge is 0.326 e. The van der Waals surface area contributed by atoms with E-state index in [2.05, 4.69) is 0 Å². The topological polar surface area (TPSA) is 61.0 Å². The number of imidazole rings is 1. The van der Waals surface area contributed by atoms with Crippen LogP contribution in [0.25, 0.3) is 34.5 Å². The fourth-order valence-electron chi connectivity index (χ4n) is 4.24. The van der Waals surface area contributed by atoms with Crippen molar-refractivity contribution in [1.82, 2.24) is 9.55 Å². The van der Waals surface area contributed by atoms with Crippen molar-refractivity contribution in [2.45, 2.75) is 12.7 Å². The van der Waals surface area contributed by atoms with E-state index in [4.69, 9.17) is 16.6 Å². The highest BCUT2D eigenvalue weighted by atomic mass is 35.5. The second-order valence-electron chi connectivity index (χ2n) is 9.05. The van der Waals surface area contributed by atoms with Crippen molar-refractivity contribution in [2.24, 2.45) is 0 Å². The molecule has 0 aliphatic rings. The molecule has 40 heavy (non-hydrogen) atoms. The molecule has 0 bridgehead atoms. The number of halogens is 4. The number of hydrogen-bond acceptors (Lipinski definition) is 3. The lowest BCUT2D eigenvalue weighted by Gasteiger charge is -2.09. The van der Waals surface area contributed by atoms with Gasteiger partial charge in [-0.3, -0.25) is 10.1 Å². The first-order valence-electron chi connectivity index (χ1n) is 12.2. The van der Waals surface area contributed by atoms with Gasteiger partial charge in [0.05, 0.1) is 21.2 Å². The van der Waals surface area contributed by atoms with E-state index in [1.165, 1.54) is 18.2 Å². The second-order valence-corrected chi connectivity index (χ2v) is 9.46. The molecular formula is C31H21ClF3N3O2. The molecule has 200 valence electrons. The molecule has 0 amide bonds. The van der Waals surface area contributed by atoms with Gasteiger partial charge in [-0.2, -0.15) is 13.2 Å². The highest BCUT2D eigenvalue weighted by Crippen LogP contribution is 2.32. The Morgan fingerprint density at radius 2 is 1.60 bits per heavy atom. The average molecular weight is 560 g/mol. The molecule has 0 aliphatic carbocycles. The van der Waals surface area contributed by atoms with E-state index in [1.807, 2.05) is 53.2 Å². The van der Waals surface area contributed by atoms with Gasteiger partial charge >= 0.3 is 6.18 Å². The molecule has 0 saturated heterocycles. The highest BCUT2D eigenvalue weighted by Gasteiger charge is 2.30. The van der Waals surface area contributed by atoms with Crippen molar-refractivity contribution < 1.29 is 18.1 Å². The fraction of sp³-hybridized carbons (Fsp3) is 0.0645. The van der Waals surface area contributed by atoms with E-state index in [0.717, 1.165) is 28.8 Å². The minimum Gasteiger partial charge on any atom is -0.326 e. The Balaban J connectivity index is 1.43. The second kappa shape index (κ2) is 11.2. The summed E-state index contributed by atoms with van der Waals surface area (Å²) >= 11 is 6.41. The largest absolute Gasteiger partial charge is 0.416 e. The van der Waals surface area contributed by atoms with Crippen molar-refractivity contribution in [3.05, 3.63) is 141 Å². The fourth-order valence-corrected chi connectivity index (χ4v) is 4.47. The van der Waals surface area contributed by atoms with E-state index in [0.29, 0.717) is 34.2 Å². The van der Waals surface area contributed by atoms with Crippen LogP contribution in [0.3, 0.4) is 0 Å². The summed E-state index contributed by atoms with van der Waals surface area (Å²) in [6.07, 6.45) is 1.17. The number of nitro groups is 1. The zero-order chi connectivity index (χ0) is 28.3. The van der Waals surface area contributed by atoms with Crippen LogP contribution in [0.1, 0.15) is 22.5 Å². The molecule has 0 fully saturated rings. The van der Waals surface area contributed by atoms with Gasteiger partial charge in [-0.25, -0.2) is 4.98 Å². The van der Waals surface area contributed by atoms with Gasteiger partial charge in [-0.05, 0) is 46.5 Å². The molecule has 1 heterocycles. The Labute approximate surface area is 233 Å². The van der Waals surface area contributed by atoms with Crippen LogP contribution >= 0.6 is 11.6 Å². The molecule has 9 heteroatoms. The van der Waals surface area contributed by atoms with E-state index in [1.54, 1.807) is 36.4 Å². The predicted octanol–water partition coefficient (Wildman–Crippen LogP) is 9.02. The predicted molar refractivity (Wildman–Crippen MR) is 151 cm³/mol. The van der Waals surface area contributed by atoms with Crippen molar-refractivity contribution in [3.8, 4) is 22.4 Å². The van der Waals surface area contributed by atoms with Crippen LogP contribution in [0, 0.1) is 10.1 Å². The minimum absolute atomic E-state index is 0.0137. The number of hydrogen-bond donors (Lipinski definition) is 0. The Kier molecular flexibility index (Phi) is 7.53. The molecule has 5 nitrogen and oxygen atoms in total. The number of benzene rings is 4. The van der Waals surface area contributed by atoms with Gasteiger partial charge in [0.15, 0.2) is 0 Å². The lowest BCUT2D eigenvalue weighted by Crippen LogP contribution is -2.04. The van der Waals surface area contributed by atoms with Crippen LogP contribution < -0.4 is 0 Å². The highest BCUT2D eigenvalue weighted by molar-refractivity contribution is 6.33. The van der Waals surface area contributed by atoms with Crippen LogP contribution in [0.4, 0.5) is 18.9 Å². The summed E-state index contributed by atoms with van der Waals surface area (Å²) < 4.78 is 41.3. The maximum Gasteiger partial charge on any atom is 0.416 e. The number of nitro benzene ring substituents is 1. The van der Waals surface area contributed by atoms with Crippen molar-refractivity contribution >= 4 is 29.4 Å². The summed E-state index contributed by atoms with van der Waals surface area (Å²) in [7, 11) is 0. The summed E-state index contributed by atoms with van der Waals surface area (Å²) in [5.41, 5.74) is 3.60. The number of rotatable bonds is 7. The molecular weight excluding hydrogens is 539 g/mol. The molecule has 0 aliphatic heterocycles. The zero-order valence-corrected chi connectivity index (χ0v) is 21.6. The maximum atomic E-state index is 13.1. The van der Waals surface area contributed by atoms with Gasteiger partial charge in [0.2, 0.25) is 0 Å². The summed E-state index contributed by atoms with van der Waals surface area (Å²) in [5.74, 6) is 0.634. The van der Waals surface area contributed by atoms with Crippen molar-refractivity contribution in [2.75, 3.05) is 0 Å². The van der Waals surface area contributed by atoms with E-state index in [9.17, 15) is 23.3 Å². The summed E-state index contributed by atoms with van der Waals surface area (Å²) in [4.78, 5) is 15.3. The van der Waals surface area contributed by atoms with Crippen molar-refractivity contribution in [3.63, 3.8) is 0 Å². The quantitative estimate of drug-likeness (QED) is 0.148. The molecule has 0 unspecified atom stereocenters. The third-order valence-corrected chi connectivity index (χ3v) is 6.65. The first kappa shape index (κ1) is 26.9. The molecule has 4 aromatic carbocycles. The molecule has 5 rings (SSSR count). The Bertz CT molecular complexity index is 1690. The summed E-state index contributed by atoms with van der Waals surface area (Å²) in [6.45, 7) is 0.420. The van der Waals surface area contributed by atoms with Gasteiger partial charge in [0, 0.05) is 30.4 Å². The van der Waals surface area contributed by atoms with Crippen LogP contribution in [0.15, 0.2) is 103 Å². The third kappa shape index (κ3) is 6.13. The Morgan fingerprint density at radius 1 is 0.875 bits per heavy atom. The van der Waals surface area contributed by atoms with Crippen LogP contribution in [0.2, 0.25) is 5.02 Å². The standard InChI is InChI=1S/C31H21ClF3N3O2/c32-28-7-2-1-6-27(28)29-20-37(19-22-10-15-26(16-11-22)38(39)40)30(36-29)17-12-21-8-13-23(14-9-21)24-4-3-5-25(18-24)31(33,34)35/h1-18,20H,19H2/b17-12+. The molecule has 0 spiro atoms. The van der Waals surface area contributed by atoms with Gasteiger partial charge in [-0.15, -0.1) is 0 Å². The molecule has 0 saturated carbocycles. The summed E-state index contributed by atoms with van der Waals surface area (Å²) in [6, 6.07) is 26.1. The summed E-state index contributed by atoms with van der Waals surface area (Å²) in [5, 5.41) is 11.6. The number of alkyl halides is 3. The number of nitrogens with zero attached hydrogens (tertiary/aromatic N) is 3. The first-order valence-corrected chi connectivity index (χ1v) is 12.6. The number of non-ortho nitro benzene ring substituents is 1. The van der Waals surface area contributed by atoms with Gasteiger partial charge < -0.3 is 4.57 Å². The molecule has 1 aromatic heterocycles. The SMILES string of the molecule is O=[N+]([O-])c1ccc(Cn2cc(-c3ccccc3Cl)nc2/C=C/c2ccc(-c3cccc(C(F)(F)F)c3)cc2)cc1. The van der Waals surface area contributed by atoms with Gasteiger partial charge in [0.1, 0.15) is 5.82 Å². The molecule has 5 aromatic rings. The third-order valence-electron chi connectivity index (χ3n) is 6.32. The van der Waals surface area contributed by atoms with Crippen LogP contribution in [-0.4, -0.2) is 14.5 Å². The number of aromatic nitrogens is 2. The van der Waals surface area contributed by atoms with E-state index < -0.39 is 16.7 Å². The monoisotopic (exact) mass is 559 g/mol. The Hall–Kier alpha value is -4.69. The average Bonchev–Trinajstić information content (AvgIpc) is 3.34. The van der Waals surface area contributed by atoms with Crippen LogP contribution in [-0.2, 0) is 12.7 Å². The zero-order valence-electron chi connectivity index (χ0n) is 20.8.